The molecule has 0 amide bonds. The Labute approximate surface area is 107 Å². The quantitative estimate of drug-likeness (QED) is 0.907. The summed E-state index contributed by atoms with van der Waals surface area (Å²) in [4.78, 5) is 10.8. The molecule has 1 saturated heterocycles. The molecular formula is C10H10BrNO4S. The average Bonchev–Trinajstić information content (AvgIpc) is 2.14. The Hall–Kier alpha value is -0.920. The second-order valence-corrected chi connectivity index (χ2v) is 6.66. The molecule has 1 aliphatic heterocycles. The third-order valence-electron chi connectivity index (χ3n) is 2.65. The Morgan fingerprint density at radius 1 is 1.29 bits per heavy atom. The van der Waals surface area contributed by atoms with Crippen LogP contribution in [-0.2, 0) is 14.8 Å². The zero-order chi connectivity index (χ0) is 12.6. The molecule has 2 rings (SSSR count). The lowest BCUT2D eigenvalue weighted by Gasteiger charge is -2.35. The molecule has 1 aromatic rings. The van der Waals surface area contributed by atoms with Crippen LogP contribution in [-0.4, -0.2) is 36.9 Å². The van der Waals surface area contributed by atoms with Crippen LogP contribution >= 0.6 is 15.9 Å². The number of sulfonamides is 1. The number of carboxylic acid groups (broad SMARTS) is 1. The van der Waals surface area contributed by atoms with E-state index in [1.807, 2.05) is 0 Å². The smallest absolute Gasteiger partial charge is 0.309 e. The van der Waals surface area contributed by atoms with Gasteiger partial charge in [-0.3, -0.25) is 4.79 Å². The molecule has 0 bridgehead atoms. The Morgan fingerprint density at radius 3 is 2.29 bits per heavy atom. The zero-order valence-corrected chi connectivity index (χ0v) is 11.1. The van der Waals surface area contributed by atoms with Crippen LogP contribution in [0.15, 0.2) is 33.6 Å². The second kappa shape index (κ2) is 4.40. The van der Waals surface area contributed by atoms with Crippen molar-refractivity contribution in [2.24, 2.45) is 5.92 Å². The van der Waals surface area contributed by atoms with Crippen LogP contribution in [0.25, 0.3) is 0 Å². The predicted molar refractivity (Wildman–Crippen MR) is 64.0 cm³/mol. The van der Waals surface area contributed by atoms with E-state index in [1.165, 1.54) is 16.4 Å². The average molecular weight is 320 g/mol. The van der Waals surface area contributed by atoms with Gasteiger partial charge in [0.2, 0.25) is 10.0 Å². The summed E-state index contributed by atoms with van der Waals surface area (Å²) in [6, 6.07) is 6.27. The van der Waals surface area contributed by atoms with Gasteiger partial charge in [-0.15, -0.1) is 0 Å². The molecule has 0 aliphatic carbocycles. The summed E-state index contributed by atoms with van der Waals surface area (Å²) >= 11 is 3.22. The molecule has 92 valence electrons. The standard InChI is InChI=1S/C10H10BrNO4S/c11-8-1-3-9(4-2-8)17(15,16)12-5-7(6-12)10(13)14/h1-4,7H,5-6H2,(H,13,14). The van der Waals surface area contributed by atoms with E-state index in [-0.39, 0.29) is 18.0 Å². The lowest BCUT2D eigenvalue weighted by molar-refractivity contribution is -0.145. The summed E-state index contributed by atoms with van der Waals surface area (Å²) in [6.45, 7) is 0.0987. The minimum Gasteiger partial charge on any atom is -0.481 e. The summed E-state index contributed by atoms with van der Waals surface area (Å²) < 4.78 is 26.0. The Balaban J connectivity index is 2.16. The monoisotopic (exact) mass is 319 g/mol. The minimum absolute atomic E-state index is 0.0493. The van der Waals surface area contributed by atoms with Crippen molar-refractivity contribution in [3.63, 3.8) is 0 Å². The van der Waals surface area contributed by atoms with E-state index >= 15 is 0 Å². The third-order valence-corrected chi connectivity index (χ3v) is 5.02. The third kappa shape index (κ3) is 2.36. The van der Waals surface area contributed by atoms with Crippen molar-refractivity contribution < 1.29 is 18.3 Å². The number of halogens is 1. The highest BCUT2D eigenvalue weighted by Gasteiger charge is 2.40. The lowest BCUT2D eigenvalue weighted by Crippen LogP contribution is -2.52. The van der Waals surface area contributed by atoms with Crippen molar-refractivity contribution >= 4 is 31.9 Å². The summed E-state index contributed by atoms with van der Waals surface area (Å²) in [5, 5.41) is 8.70. The number of carboxylic acids is 1. The molecule has 7 heteroatoms. The maximum Gasteiger partial charge on any atom is 0.309 e. The van der Waals surface area contributed by atoms with E-state index in [0.29, 0.717) is 0 Å². The maximum atomic E-state index is 12.0. The van der Waals surface area contributed by atoms with Crippen LogP contribution in [0.1, 0.15) is 0 Å². The normalized spacial score (nSPS) is 17.7. The largest absolute Gasteiger partial charge is 0.481 e. The van der Waals surface area contributed by atoms with E-state index in [2.05, 4.69) is 15.9 Å². The molecule has 1 aliphatic rings. The number of hydrogen-bond donors (Lipinski definition) is 1. The molecule has 1 fully saturated rings. The summed E-state index contributed by atoms with van der Waals surface area (Å²) in [7, 11) is -3.54. The molecule has 5 nitrogen and oxygen atoms in total. The first-order valence-electron chi connectivity index (χ1n) is 4.90. The highest BCUT2D eigenvalue weighted by Crippen LogP contribution is 2.25. The van der Waals surface area contributed by atoms with Crippen molar-refractivity contribution in [2.75, 3.05) is 13.1 Å². The van der Waals surface area contributed by atoms with Gasteiger partial charge in [0.15, 0.2) is 0 Å². The zero-order valence-electron chi connectivity index (χ0n) is 8.71. The number of nitrogens with zero attached hydrogens (tertiary/aromatic N) is 1. The number of aliphatic carboxylic acids is 1. The van der Waals surface area contributed by atoms with E-state index in [9.17, 15) is 13.2 Å². The van der Waals surface area contributed by atoms with Crippen molar-refractivity contribution in [1.29, 1.82) is 0 Å². The Kier molecular flexibility index (Phi) is 3.24. The van der Waals surface area contributed by atoms with E-state index in [1.54, 1.807) is 12.1 Å². The fourth-order valence-corrected chi connectivity index (χ4v) is 3.34. The van der Waals surface area contributed by atoms with Gasteiger partial charge in [-0.25, -0.2) is 8.42 Å². The molecular weight excluding hydrogens is 310 g/mol. The van der Waals surface area contributed by atoms with Crippen molar-refractivity contribution in [2.45, 2.75) is 4.90 Å². The van der Waals surface area contributed by atoms with Crippen LogP contribution < -0.4 is 0 Å². The highest BCUT2D eigenvalue weighted by atomic mass is 79.9. The molecule has 0 aromatic heterocycles. The molecule has 1 aromatic carbocycles. The molecule has 1 N–H and O–H groups in total. The van der Waals surface area contributed by atoms with E-state index in [4.69, 9.17) is 5.11 Å². The van der Waals surface area contributed by atoms with Gasteiger partial charge in [-0.1, -0.05) is 15.9 Å². The van der Waals surface area contributed by atoms with Crippen LogP contribution in [0.5, 0.6) is 0 Å². The van der Waals surface area contributed by atoms with Crippen molar-refractivity contribution in [3.05, 3.63) is 28.7 Å². The van der Waals surface area contributed by atoms with E-state index < -0.39 is 21.9 Å². The van der Waals surface area contributed by atoms with Gasteiger partial charge in [0, 0.05) is 17.6 Å². The van der Waals surface area contributed by atoms with Gasteiger partial charge < -0.3 is 5.11 Å². The Bertz CT molecular complexity index is 534. The van der Waals surface area contributed by atoms with Gasteiger partial charge >= 0.3 is 5.97 Å². The fourth-order valence-electron chi connectivity index (χ4n) is 1.55. The summed E-state index contributed by atoms with van der Waals surface area (Å²) in [6.07, 6.45) is 0. The molecule has 1 heterocycles. The first-order valence-corrected chi connectivity index (χ1v) is 7.13. The SMILES string of the molecule is O=C(O)C1CN(S(=O)(=O)c2ccc(Br)cc2)C1. The fraction of sp³-hybridized carbons (Fsp3) is 0.300. The van der Waals surface area contributed by atoms with Crippen LogP contribution in [0.4, 0.5) is 0 Å². The molecule has 0 radical (unpaired) electrons. The number of benzene rings is 1. The summed E-state index contributed by atoms with van der Waals surface area (Å²) in [5.41, 5.74) is 0. The number of rotatable bonds is 3. The van der Waals surface area contributed by atoms with Crippen LogP contribution in [0, 0.1) is 5.92 Å². The van der Waals surface area contributed by atoms with Crippen LogP contribution in [0.2, 0.25) is 0 Å². The number of carbonyl (C=O) groups is 1. The van der Waals surface area contributed by atoms with Gasteiger partial charge in [0.1, 0.15) is 0 Å². The molecule has 0 atom stereocenters. The minimum atomic E-state index is -3.54. The highest BCUT2D eigenvalue weighted by molar-refractivity contribution is 9.10. The molecule has 17 heavy (non-hydrogen) atoms. The first kappa shape index (κ1) is 12.5. The topological polar surface area (TPSA) is 74.7 Å². The van der Waals surface area contributed by atoms with Gasteiger partial charge in [-0.05, 0) is 24.3 Å². The van der Waals surface area contributed by atoms with Crippen LogP contribution in [0.3, 0.4) is 0 Å². The van der Waals surface area contributed by atoms with Crippen molar-refractivity contribution in [1.82, 2.24) is 4.31 Å². The summed E-state index contributed by atoms with van der Waals surface area (Å²) in [5.74, 6) is -1.53. The second-order valence-electron chi connectivity index (χ2n) is 3.81. The van der Waals surface area contributed by atoms with Gasteiger partial charge in [0.05, 0.1) is 10.8 Å². The lowest BCUT2D eigenvalue weighted by atomic mass is 10.0. The van der Waals surface area contributed by atoms with Crippen molar-refractivity contribution in [3.8, 4) is 0 Å². The number of hydrogen-bond acceptors (Lipinski definition) is 3. The van der Waals surface area contributed by atoms with Gasteiger partial charge in [0.25, 0.3) is 0 Å². The molecule has 0 spiro atoms. The van der Waals surface area contributed by atoms with Gasteiger partial charge in [-0.2, -0.15) is 4.31 Å². The first-order chi connectivity index (χ1) is 7.91. The van der Waals surface area contributed by atoms with E-state index in [0.717, 1.165) is 4.47 Å². The Morgan fingerprint density at radius 2 is 1.82 bits per heavy atom. The molecule has 0 saturated carbocycles. The predicted octanol–water partition coefficient (Wildman–Crippen LogP) is 1.15. The molecule has 0 unspecified atom stereocenters. The maximum absolute atomic E-state index is 12.0.